The van der Waals surface area contributed by atoms with E-state index in [-0.39, 0.29) is 35.7 Å². The van der Waals surface area contributed by atoms with Gasteiger partial charge in [0.1, 0.15) is 11.5 Å². The average molecular weight is 537 g/mol. The maximum absolute atomic E-state index is 12.6. The fourth-order valence-electron chi connectivity index (χ4n) is 3.53. The maximum atomic E-state index is 12.6. The summed E-state index contributed by atoms with van der Waals surface area (Å²) in [5, 5.41) is 42.1. The van der Waals surface area contributed by atoms with E-state index in [2.05, 4.69) is 31.1 Å². The molecule has 0 heterocycles. The molecule has 4 aromatic carbocycles. The van der Waals surface area contributed by atoms with Crippen molar-refractivity contribution in [2.75, 3.05) is 13.1 Å². The first-order valence-corrected chi connectivity index (χ1v) is 12.5. The Morgan fingerprint density at radius 2 is 0.875 bits per heavy atom. The molecule has 10 nitrogen and oxygen atoms in total. The van der Waals surface area contributed by atoms with E-state index in [1.165, 1.54) is 24.3 Å². The van der Waals surface area contributed by atoms with E-state index in [4.69, 9.17) is 0 Å². The minimum Gasteiger partial charge on any atom is -0.507 e. The zero-order chi connectivity index (χ0) is 28.5. The lowest BCUT2D eigenvalue weighted by molar-refractivity contribution is 0.0924. The summed E-state index contributed by atoms with van der Waals surface area (Å²) in [6.07, 6.45) is 0. The number of azo groups is 2. The number of carbonyl (C=O) groups excluding carboxylic acids is 2. The number of nitrogens with one attached hydrogen (secondary N) is 2. The second-order valence-electron chi connectivity index (χ2n) is 8.99. The molecule has 0 aliphatic heterocycles. The van der Waals surface area contributed by atoms with Crippen molar-refractivity contribution in [2.45, 2.75) is 13.8 Å². The Hall–Kier alpha value is -5.38. The van der Waals surface area contributed by atoms with Crippen LogP contribution >= 0.6 is 0 Å². The predicted octanol–water partition coefficient (Wildman–Crippen LogP) is 6.71. The van der Waals surface area contributed by atoms with Gasteiger partial charge in [0.15, 0.2) is 0 Å². The summed E-state index contributed by atoms with van der Waals surface area (Å²) in [7, 11) is 0. The van der Waals surface area contributed by atoms with Gasteiger partial charge in [-0.15, -0.1) is 0 Å². The van der Waals surface area contributed by atoms with Crippen LogP contribution in [0.4, 0.5) is 22.7 Å². The van der Waals surface area contributed by atoms with Gasteiger partial charge in [-0.3, -0.25) is 9.59 Å². The van der Waals surface area contributed by atoms with E-state index in [1.54, 1.807) is 12.1 Å². The second-order valence-corrected chi connectivity index (χ2v) is 8.99. The Balaban J connectivity index is 1.31. The van der Waals surface area contributed by atoms with E-state index in [1.807, 2.05) is 62.4 Å². The SMILES string of the molecule is Cc1ccc(N=Nc2ccc(O)c(C(=O)NCCNC(=O)c3cc(N=Nc4ccc(C)cc4)ccc3O)c2)cc1. The molecular formula is C30H28N6O4. The molecule has 0 unspecified atom stereocenters. The second kappa shape index (κ2) is 12.9. The van der Waals surface area contributed by atoms with Gasteiger partial charge in [-0.25, -0.2) is 0 Å². The highest BCUT2D eigenvalue weighted by Crippen LogP contribution is 2.26. The third-order valence-electron chi connectivity index (χ3n) is 5.78. The highest BCUT2D eigenvalue weighted by atomic mass is 16.3. The summed E-state index contributed by atoms with van der Waals surface area (Å²) in [6, 6.07) is 23.6. The van der Waals surface area contributed by atoms with Crippen molar-refractivity contribution in [3.63, 3.8) is 0 Å². The van der Waals surface area contributed by atoms with E-state index >= 15 is 0 Å². The molecule has 0 spiro atoms. The monoisotopic (exact) mass is 536 g/mol. The number of hydrogen-bond donors (Lipinski definition) is 4. The quantitative estimate of drug-likeness (QED) is 0.139. The molecule has 4 rings (SSSR count). The highest BCUT2D eigenvalue weighted by Gasteiger charge is 2.14. The maximum Gasteiger partial charge on any atom is 0.255 e. The van der Waals surface area contributed by atoms with Crippen molar-refractivity contribution in [3.8, 4) is 11.5 Å². The number of aryl methyl sites for hydroxylation is 2. The van der Waals surface area contributed by atoms with Crippen molar-refractivity contribution >= 4 is 34.6 Å². The average Bonchev–Trinajstić information content (AvgIpc) is 2.96. The molecule has 0 saturated heterocycles. The molecule has 4 aromatic rings. The topological polar surface area (TPSA) is 148 Å². The molecule has 10 heteroatoms. The van der Waals surface area contributed by atoms with Crippen LogP contribution in [0.15, 0.2) is 105 Å². The van der Waals surface area contributed by atoms with Crippen molar-refractivity contribution < 1.29 is 19.8 Å². The van der Waals surface area contributed by atoms with Gasteiger partial charge in [-0.1, -0.05) is 35.4 Å². The van der Waals surface area contributed by atoms with Crippen molar-refractivity contribution in [1.29, 1.82) is 0 Å². The zero-order valence-electron chi connectivity index (χ0n) is 22.0. The first-order valence-electron chi connectivity index (χ1n) is 12.5. The first-order chi connectivity index (χ1) is 19.3. The van der Waals surface area contributed by atoms with Gasteiger partial charge >= 0.3 is 0 Å². The molecule has 40 heavy (non-hydrogen) atoms. The first kappa shape index (κ1) is 27.6. The highest BCUT2D eigenvalue weighted by molar-refractivity contribution is 5.98. The number of phenolic OH excluding ortho intramolecular Hbond substituents is 2. The summed E-state index contributed by atoms with van der Waals surface area (Å²) in [5.41, 5.74) is 4.36. The lowest BCUT2D eigenvalue weighted by atomic mass is 10.1. The summed E-state index contributed by atoms with van der Waals surface area (Å²) in [5.74, 6) is -1.50. The third kappa shape index (κ3) is 7.57. The molecule has 0 fully saturated rings. The summed E-state index contributed by atoms with van der Waals surface area (Å²) >= 11 is 0. The van der Waals surface area contributed by atoms with E-state index in [0.29, 0.717) is 22.7 Å². The van der Waals surface area contributed by atoms with Gasteiger partial charge in [-0.05, 0) is 74.5 Å². The number of benzene rings is 4. The molecule has 0 aromatic heterocycles. The smallest absolute Gasteiger partial charge is 0.255 e. The number of phenols is 2. The number of hydrogen-bond acceptors (Lipinski definition) is 8. The van der Waals surface area contributed by atoms with Crippen LogP contribution < -0.4 is 10.6 Å². The molecule has 0 bridgehead atoms. The van der Waals surface area contributed by atoms with Crippen LogP contribution in [0.1, 0.15) is 31.8 Å². The van der Waals surface area contributed by atoms with Crippen LogP contribution in [0.3, 0.4) is 0 Å². The molecular weight excluding hydrogens is 508 g/mol. The molecule has 4 N–H and O–H groups in total. The van der Waals surface area contributed by atoms with Crippen molar-refractivity contribution in [1.82, 2.24) is 10.6 Å². The molecule has 0 radical (unpaired) electrons. The fraction of sp³-hybridized carbons (Fsp3) is 0.133. The molecule has 0 aliphatic carbocycles. The van der Waals surface area contributed by atoms with Crippen LogP contribution in [-0.4, -0.2) is 35.1 Å². The van der Waals surface area contributed by atoms with Gasteiger partial charge in [-0.2, -0.15) is 20.5 Å². The number of aromatic hydroxyl groups is 2. The normalized spacial score (nSPS) is 11.2. The third-order valence-corrected chi connectivity index (χ3v) is 5.78. The largest absolute Gasteiger partial charge is 0.507 e. The molecule has 202 valence electrons. The fourth-order valence-corrected chi connectivity index (χ4v) is 3.53. The molecule has 2 amide bonds. The molecule has 0 aliphatic rings. The lowest BCUT2D eigenvalue weighted by Gasteiger charge is -2.10. The van der Waals surface area contributed by atoms with Crippen LogP contribution in [0.2, 0.25) is 0 Å². The Morgan fingerprint density at radius 1 is 0.550 bits per heavy atom. The summed E-state index contributed by atoms with van der Waals surface area (Å²) < 4.78 is 0. The molecule has 0 atom stereocenters. The van der Waals surface area contributed by atoms with E-state index < -0.39 is 11.8 Å². The van der Waals surface area contributed by atoms with E-state index in [9.17, 15) is 19.8 Å². The zero-order valence-corrected chi connectivity index (χ0v) is 22.0. The van der Waals surface area contributed by atoms with Crippen LogP contribution in [-0.2, 0) is 0 Å². The van der Waals surface area contributed by atoms with Crippen LogP contribution in [0, 0.1) is 13.8 Å². The van der Waals surface area contributed by atoms with E-state index in [0.717, 1.165) is 11.1 Å². The minimum atomic E-state index is -0.541. The van der Waals surface area contributed by atoms with Gasteiger partial charge in [0.05, 0.1) is 33.9 Å². The Morgan fingerprint density at radius 3 is 1.25 bits per heavy atom. The van der Waals surface area contributed by atoms with Crippen molar-refractivity contribution in [2.24, 2.45) is 20.5 Å². The lowest BCUT2D eigenvalue weighted by Crippen LogP contribution is -2.34. The summed E-state index contributed by atoms with van der Waals surface area (Å²) in [6.45, 7) is 4.10. The van der Waals surface area contributed by atoms with Crippen LogP contribution in [0.25, 0.3) is 0 Å². The number of nitrogens with zero attached hydrogens (tertiary/aromatic N) is 4. The Labute approximate surface area is 231 Å². The number of carbonyl (C=O) groups is 2. The Bertz CT molecular complexity index is 1450. The van der Waals surface area contributed by atoms with Gasteiger partial charge in [0.25, 0.3) is 11.8 Å². The van der Waals surface area contributed by atoms with Crippen molar-refractivity contribution in [3.05, 3.63) is 107 Å². The van der Waals surface area contributed by atoms with Gasteiger partial charge in [0.2, 0.25) is 0 Å². The van der Waals surface area contributed by atoms with Gasteiger partial charge in [0, 0.05) is 13.1 Å². The standard InChI is InChI=1S/C30H28N6O4/c1-19-3-7-21(8-4-19)33-35-23-11-13-27(37)25(17-23)29(39)31-15-16-32-30(40)26-18-24(12-14-28(26)38)36-34-22-9-5-20(2)6-10-22/h3-14,17-18,37-38H,15-16H2,1-2H3,(H,31,39)(H,32,40). The number of amides is 2. The van der Waals surface area contributed by atoms with Gasteiger partial charge < -0.3 is 20.8 Å². The predicted molar refractivity (Wildman–Crippen MR) is 152 cm³/mol. The molecule has 0 saturated carbocycles. The minimum absolute atomic E-state index is 0.0240. The Kier molecular flexibility index (Phi) is 8.93. The van der Waals surface area contributed by atoms with Crippen LogP contribution in [0.5, 0.6) is 11.5 Å². The number of rotatable bonds is 9. The summed E-state index contributed by atoms with van der Waals surface area (Å²) in [4.78, 5) is 25.3.